The highest BCUT2D eigenvalue weighted by atomic mass is 32.1. The van der Waals surface area contributed by atoms with Gasteiger partial charge < -0.3 is 33.9 Å². The van der Waals surface area contributed by atoms with Gasteiger partial charge >= 0.3 is 11.9 Å². The molecule has 1 N–H and O–H groups in total. The first-order chi connectivity index (χ1) is 15.9. The Kier molecular flexibility index (Phi) is 10.0. The third-order valence-corrected chi connectivity index (χ3v) is 5.49. The Bertz CT molecular complexity index is 835. The van der Waals surface area contributed by atoms with E-state index < -0.39 is 35.8 Å². The van der Waals surface area contributed by atoms with Crippen LogP contribution in [0.25, 0.3) is 0 Å². The zero-order valence-electron chi connectivity index (χ0n) is 20.5. The number of aromatic nitrogens is 2. The molecular weight excluding hydrogens is 468 g/mol. The van der Waals surface area contributed by atoms with Crippen molar-refractivity contribution < 1.29 is 38.4 Å². The fourth-order valence-electron chi connectivity index (χ4n) is 3.19. The highest BCUT2D eigenvalue weighted by Crippen LogP contribution is 2.27. The van der Waals surface area contributed by atoms with Crippen molar-refractivity contribution in [3.05, 3.63) is 0 Å². The van der Waals surface area contributed by atoms with Crippen LogP contribution in [0.15, 0.2) is 0 Å². The Morgan fingerprint density at radius 2 is 1.79 bits per heavy atom. The molecule has 2 heterocycles. The molecule has 2 rings (SSSR count). The van der Waals surface area contributed by atoms with E-state index in [0.717, 1.165) is 11.7 Å². The van der Waals surface area contributed by atoms with Crippen LogP contribution in [0.2, 0.25) is 0 Å². The number of aliphatic hydroxyl groups is 1. The zero-order chi connectivity index (χ0) is 25.5. The summed E-state index contributed by atoms with van der Waals surface area (Å²) in [6.07, 6.45) is -3.52. The number of carbonyl (C=O) groups is 3. The number of amides is 1. The summed E-state index contributed by atoms with van der Waals surface area (Å²) < 4.78 is 30.2. The Hall–Kier alpha value is -2.51. The summed E-state index contributed by atoms with van der Waals surface area (Å²) in [5.41, 5.74) is -0.540. The monoisotopic (exact) mass is 502 g/mol. The van der Waals surface area contributed by atoms with Crippen molar-refractivity contribution >= 4 is 35.4 Å². The number of anilines is 1. The lowest BCUT2D eigenvalue weighted by Crippen LogP contribution is -2.50. The quantitative estimate of drug-likeness (QED) is 0.450. The van der Waals surface area contributed by atoms with Gasteiger partial charge in [0.05, 0.1) is 31.5 Å². The molecule has 0 radical (unpaired) electrons. The van der Waals surface area contributed by atoms with Crippen molar-refractivity contribution in [2.24, 2.45) is 0 Å². The first-order valence-corrected chi connectivity index (χ1v) is 11.8. The fraction of sp³-hybridized carbons (Fsp3) is 0.762. The van der Waals surface area contributed by atoms with Gasteiger partial charge in [0.1, 0.15) is 12.7 Å². The fourth-order valence-corrected chi connectivity index (χ4v) is 3.71. The van der Waals surface area contributed by atoms with Gasteiger partial charge in [-0.25, -0.2) is 9.59 Å². The highest BCUT2D eigenvalue weighted by Gasteiger charge is 2.32. The number of hydrogen-bond donors (Lipinski definition) is 1. The van der Waals surface area contributed by atoms with Gasteiger partial charge in [-0.2, -0.15) is 4.37 Å². The van der Waals surface area contributed by atoms with E-state index in [4.69, 9.17) is 18.9 Å². The Morgan fingerprint density at radius 3 is 2.35 bits per heavy atom. The van der Waals surface area contributed by atoms with Gasteiger partial charge in [0.15, 0.2) is 12.2 Å². The van der Waals surface area contributed by atoms with Crippen LogP contribution in [-0.4, -0.2) is 99.9 Å². The van der Waals surface area contributed by atoms with Gasteiger partial charge in [0.2, 0.25) is 11.7 Å². The SMILES string of the molecule is CC(=O)N(C[C@@H](COc1nsnc1N1CCOCC1)OC(=O)C(C)OC(=O)C(C)O)C(C)(C)C. The van der Waals surface area contributed by atoms with Gasteiger partial charge in [0.25, 0.3) is 5.88 Å². The van der Waals surface area contributed by atoms with E-state index in [1.807, 2.05) is 25.7 Å². The molecule has 0 saturated carbocycles. The number of aliphatic hydroxyl groups excluding tert-OH is 1. The zero-order valence-corrected chi connectivity index (χ0v) is 21.3. The van der Waals surface area contributed by atoms with Crippen LogP contribution in [0.3, 0.4) is 0 Å². The number of esters is 2. The Balaban J connectivity index is 2.14. The minimum atomic E-state index is -1.38. The molecule has 3 atom stereocenters. The maximum atomic E-state index is 12.6. The van der Waals surface area contributed by atoms with E-state index in [-0.39, 0.29) is 19.1 Å². The number of nitrogens with zero attached hydrogens (tertiary/aromatic N) is 4. The normalized spacial score (nSPS) is 16.9. The summed E-state index contributed by atoms with van der Waals surface area (Å²) in [6.45, 7) is 12.0. The molecule has 1 amide bonds. The van der Waals surface area contributed by atoms with E-state index in [1.54, 1.807) is 4.90 Å². The summed E-state index contributed by atoms with van der Waals surface area (Å²) in [4.78, 5) is 40.1. The van der Waals surface area contributed by atoms with Crippen LogP contribution < -0.4 is 9.64 Å². The van der Waals surface area contributed by atoms with Crippen molar-refractivity contribution in [1.29, 1.82) is 0 Å². The minimum absolute atomic E-state index is 0.0477. The minimum Gasteiger partial charge on any atom is -0.470 e. The summed E-state index contributed by atoms with van der Waals surface area (Å²) in [7, 11) is 0. The van der Waals surface area contributed by atoms with Gasteiger partial charge in [-0.15, -0.1) is 4.37 Å². The largest absolute Gasteiger partial charge is 0.470 e. The van der Waals surface area contributed by atoms with Crippen LogP contribution in [-0.2, 0) is 28.6 Å². The van der Waals surface area contributed by atoms with Crippen LogP contribution >= 0.6 is 11.7 Å². The van der Waals surface area contributed by atoms with E-state index in [9.17, 15) is 19.5 Å². The second-order valence-electron chi connectivity index (χ2n) is 8.92. The third-order valence-electron chi connectivity index (χ3n) is 4.98. The number of ether oxygens (including phenoxy) is 4. The smallest absolute Gasteiger partial charge is 0.347 e. The molecule has 0 aromatic carbocycles. The first-order valence-electron chi connectivity index (χ1n) is 11.1. The van der Waals surface area contributed by atoms with E-state index in [1.165, 1.54) is 20.8 Å². The number of hydrogen-bond acceptors (Lipinski definition) is 12. The summed E-state index contributed by atoms with van der Waals surface area (Å²) in [5.74, 6) is -1.10. The van der Waals surface area contributed by atoms with Gasteiger partial charge in [-0.1, -0.05) is 0 Å². The van der Waals surface area contributed by atoms with E-state index in [0.29, 0.717) is 38.0 Å². The molecule has 34 heavy (non-hydrogen) atoms. The molecule has 2 unspecified atom stereocenters. The molecule has 1 saturated heterocycles. The Morgan fingerprint density at radius 1 is 1.15 bits per heavy atom. The van der Waals surface area contributed by atoms with Gasteiger partial charge in [0, 0.05) is 25.6 Å². The molecule has 192 valence electrons. The summed E-state index contributed by atoms with van der Waals surface area (Å²) in [6, 6.07) is 0. The lowest BCUT2D eigenvalue weighted by molar-refractivity contribution is -0.176. The first kappa shape index (κ1) is 27.7. The topological polar surface area (TPSA) is 141 Å². The predicted octanol–water partition coefficient (Wildman–Crippen LogP) is 0.625. The second kappa shape index (κ2) is 12.3. The lowest BCUT2D eigenvalue weighted by atomic mass is 10.1. The van der Waals surface area contributed by atoms with Gasteiger partial charge in [-0.05, 0) is 34.6 Å². The molecule has 0 bridgehead atoms. The molecule has 1 aromatic heterocycles. The molecule has 0 aliphatic carbocycles. The molecule has 1 fully saturated rings. The van der Waals surface area contributed by atoms with Crippen molar-refractivity contribution in [3.63, 3.8) is 0 Å². The van der Waals surface area contributed by atoms with E-state index >= 15 is 0 Å². The predicted molar refractivity (Wildman–Crippen MR) is 123 cm³/mol. The molecular formula is C21H34N4O8S. The van der Waals surface area contributed by atoms with Crippen molar-refractivity contribution in [2.75, 3.05) is 44.4 Å². The highest BCUT2D eigenvalue weighted by molar-refractivity contribution is 6.99. The third kappa shape index (κ3) is 8.06. The van der Waals surface area contributed by atoms with E-state index in [2.05, 4.69) is 8.75 Å². The molecule has 1 aromatic rings. The number of morpholine rings is 1. The molecule has 12 nitrogen and oxygen atoms in total. The van der Waals surface area contributed by atoms with Crippen LogP contribution in [0.5, 0.6) is 5.88 Å². The maximum absolute atomic E-state index is 12.6. The van der Waals surface area contributed by atoms with Crippen LogP contribution in [0.4, 0.5) is 5.82 Å². The van der Waals surface area contributed by atoms with Crippen LogP contribution in [0.1, 0.15) is 41.5 Å². The summed E-state index contributed by atoms with van der Waals surface area (Å²) in [5, 5.41) is 9.31. The second-order valence-corrected chi connectivity index (χ2v) is 9.45. The van der Waals surface area contributed by atoms with Crippen LogP contribution in [0, 0.1) is 0 Å². The molecule has 13 heteroatoms. The van der Waals surface area contributed by atoms with Crippen molar-refractivity contribution in [3.8, 4) is 5.88 Å². The average molecular weight is 503 g/mol. The molecule has 0 spiro atoms. The number of carbonyl (C=O) groups excluding carboxylic acids is 3. The van der Waals surface area contributed by atoms with Crippen molar-refractivity contribution in [1.82, 2.24) is 13.6 Å². The average Bonchev–Trinajstić information content (AvgIpc) is 3.23. The lowest BCUT2D eigenvalue weighted by Gasteiger charge is -2.37. The standard InChI is InChI=1S/C21H34N4O8S/c1-13(26)19(28)32-14(2)20(29)33-16(11-25(15(3)27)21(4,5)6)12-31-18-17(22-34-23-18)24-7-9-30-10-8-24/h13-14,16,26H,7-12H2,1-6H3/t13?,14?,16-/m0/s1. The molecule has 1 aliphatic heterocycles. The number of rotatable bonds is 10. The van der Waals surface area contributed by atoms with Gasteiger partial charge in [-0.3, -0.25) is 4.79 Å². The summed E-state index contributed by atoms with van der Waals surface area (Å²) >= 11 is 1.00. The Labute approximate surface area is 203 Å². The maximum Gasteiger partial charge on any atom is 0.347 e. The van der Waals surface area contributed by atoms with Crippen molar-refractivity contribution in [2.45, 2.75) is 65.4 Å². The molecule has 1 aliphatic rings.